The predicted octanol–water partition coefficient (Wildman–Crippen LogP) is 2.98. The van der Waals surface area contributed by atoms with E-state index >= 15 is 0 Å². The largest absolute Gasteiger partial charge is 0.459 e. The van der Waals surface area contributed by atoms with Crippen LogP contribution in [-0.2, 0) is 9.53 Å². The highest BCUT2D eigenvalue weighted by Gasteiger charge is 2.28. The number of esters is 1. The minimum Gasteiger partial charge on any atom is -0.459 e. The van der Waals surface area contributed by atoms with Crippen LogP contribution in [0.15, 0.2) is 0 Å². The standard InChI is InChI=1S/C14H27NO2S/c1-5-9-15-11-7-6-8-12(11)18-10-13(16)17-14(2,3)4/h11-12,15H,5-10H2,1-4H3. The zero-order valence-corrected chi connectivity index (χ0v) is 12.9. The molecule has 0 heterocycles. The van der Waals surface area contributed by atoms with E-state index in [1.54, 1.807) is 11.8 Å². The molecule has 1 saturated carbocycles. The molecule has 0 aromatic carbocycles. The summed E-state index contributed by atoms with van der Waals surface area (Å²) in [6, 6.07) is 0.581. The average molecular weight is 273 g/mol. The maximum Gasteiger partial charge on any atom is 0.316 e. The average Bonchev–Trinajstić information content (AvgIpc) is 2.68. The molecule has 1 rings (SSSR count). The molecule has 0 aromatic heterocycles. The van der Waals surface area contributed by atoms with Crippen molar-refractivity contribution in [1.82, 2.24) is 5.32 Å². The van der Waals surface area contributed by atoms with Gasteiger partial charge >= 0.3 is 5.97 Å². The molecule has 0 spiro atoms. The van der Waals surface area contributed by atoms with E-state index in [1.807, 2.05) is 20.8 Å². The van der Waals surface area contributed by atoms with Gasteiger partial charge in [-0.05, 0) is 46.6 Å². The van der Waals surface area contributed by atoms with Crippen LogP contribution in [0, 0.1) is 0 Å². The molecule has 0 radical (unpaired) electrons. The molecule has 0 aromatic rings. The minimum atomic E-state index is -0.368. The Morgan fingerprint density at radius 3 is 2.72 bits per heavy atom. The van der Waals surface area contributed by atoms with E-state index < -0.39 is 0 Å². The fourth-order valence-corrected chi connectivity index (χ4v) is 3.44. The molecule has 1 aliphatic carbocycles. The number of hydrogen-bond acceptors (Lipinski definition) is 4. The van der Waals surface area contributed by atoms with Crippen LogP contribution in [0.1, 0.15) is 53.4 Å². The summed E-state index contributed by atoms with van der Waals surface area (Å²) in [5.74, 6) is 0.389. The molecule has 106 valence electrons. The lowest BCUT2D eigenvalue weighted by Crippen LogP contribution is -2.35. The summed E-state index contributed by atoms with van der Waals surface area (Å²) in [6.07, 6.45) is 4.90. The Bertz CT molecular complexity index is 263. The highest BCUT2D eigenvalue weighted by molar-refractivity contribution is 8.00. The maximum absolute atomic E-state index is 11.7. The molecule has 0 amide bonds. The predicted molar refractivity (Wildman–Crippen MR) is 78.0 cm³/mol. The van der Waals surface area contributed by atoms with Gasteiger partial charge in [0.2, 0.25) is 0 Å². The van der Waals surface area contributed by atoms with Crippen molar-refractivity contribution in [3.8, 4) is 0 Å². The Labute approximate surface area is 115 Å². The number of hydrogen-bond donors (Lipinski definition) is 1. The number of nitrogens with one attached hydrogen (secondary N) is 1. The van der Waals surface area contributed by atoms with E-state index in [2.05, 4.69) is 12.2 Å². The topological polar surface area (TPSA) is 38.3 Å². The lowest BCUT2D eigenvalue weighted by molar-refractivity contribution is -0.151. The molecule has 0 bridgehead atoms. The van der Waals surface area contributed by atoms with Crippen molar-refractivity contribution in [3.05, 3.63) is 0 Å². The first-order valence-corrected chi connectivity index (χ1v) is 8.04. The van der Waals surface area contributed by atoms with Gasteiger partial charge in [0.25, 0.3) is 0 Å². The van der Waals surface area contributed by atoms with Crippen molar-refractivity contribution in [2.45, 2.75) is 70.3 Å². The monoisotopic (exact) mass is 273 g/mol. The molecule has 1 N–H and O–H groups in total. The fourth-order valence-electron chi connectivity index (χ4n) is 2.23. The Morgan fingerprint density at radius 1 is 1.39 bits per heavy atom. The summed E-state index contributed by atoms with van der Waals surface area (Å²) in [5.41, 5.74) is -0.368. The van der Waals surface area contributed by atoms with Crippen LogP contribution in [0.25, 0.3) is 0 Å². The van der Waals surface area contributed by atoms with Crippen molar-refractivity contribution in [2.75, 3.05) is 12.3 Å². The molecule has 4 heteroatoms. The van der Waals surface area contributed by atoms with Crippen LogP contribution in [0.2, 0.25) is 0 Å². The van der Waals surface area contributed by atoms with E-state index in [4.69, 9.17) is 4.74 Å². The number of rotatable bonds is 6. The third-order valence-corrected chi connectivity index (χ3v) is 4.34. The molecular weight excluding hydrogens is 246 g/mol. The smallest absolute Gasteiger partial charge is 0.316 e. The Balaban J connectivity index is 2.27. The summed E-state index contributed by atoms with van der Waals surface area (Å²) < 4.78 is 5.33. The minimum absolute atomic E-state index is 0.0892. The molecule has 2 atom stereocenters. The molecule has 18 heavy (non-hydrogen) atoms. The van der Waals surface area contributed by atoms with Crippen molar-refractivity contribution in [2.24, 2.45) is 0 Å². The van der Waals surface area contributed by atoms with Gasteiger partial charge in [0, 0.05) is 11.3 Å². The zero-order chi connectivity index (χ0) is 13.6. The van der Waals surface area contributed by atoms with Gasteiger partial charge in [-0.3, -0.25) is 4.79 Å². The van der Waals surface area contributed by atoms with Gasteiger partial charge in [-0.25, -0.2) is 0 Å². The van der Waals surface area contributed by atoms with Crippen LogP contribution in [-0.4, -0.2) is 35.2 Å². The van der Waals surface area contributed by atoms with Gasteiger partial charge in [0.15, 0.2) is 0 Å². The number of thioether (sulfide) groups is 1. The maximum atomic E-state index is 11.7. The highest BCUT2D eigenvalue weighted by atomic mass is 32.2. The van der Waals surface area contributed by atoms with Crippen molar-refractivity contribution < 1.29 is 9.53 Å². The summed E-state index contributed by atoms with van der Waals surface area (Å²) in [4.78, 5) is 11.7. The fraction of sp³-hybridized carbons (Fsp3) is 0.929. The van der Waals surface area contributed by atoms with Crippen LogP contribution < -0.4 is 5.32 Å². The third-order valence-electron chi connectivity index (χ3n) is 2.94. The zero-order valence-electron chi connectivity index (χ0n) is 12.1. The van der Waals surface area contributed by atoms with Crippen LogP contribution in [0.3, 0.4) is 0 Å². The third kappa shape index (κ3) is 6.10. The van der Waals surface area contributed by atoms with Gasteiger partial charge in [0.05, 0.1) is 5.75 Å². The lowest BCUT2D eigenvalue weighted by Gasteiger charge is -2.22. The van der Waals surface area contributed by atoms with Gasteiger partial charge in [-0.15, -0.1) is 11.8 Å². The molecule has 1 fully saturated rings. The Morgan fingerprint density at radius 2 is 2.11 bits per heavy atom. The summed E-state index contributed by atoms with van der Waals surface area (Å²) >= 11 is 1.75. The van der Waals surface area contributed by atoms with E-state index in [-0.39, 0.29) is 11.6 Å². The summed E-state index contributed by atoms with van der Waals surface area (Å²) in [6.45, 7) is 9.00. The van der Waals surface area contributed by atoms with Crippen LogP contribution in [0.5, 0.6) is 0 Å². The van der Waals surface area contributed by atoms with Crippen molar-refractivity contribution in [1.29, 1.82) is 0 Å². The van der Waals surface area contributed by atoms with Crippen molar-refractivity contribution >= 4 is 17.7 Å². The Kier molecular flexibility index (Phi) is 6.50. The quantitative estimate of drug-likeness (QED) is 0.755. The first-order chi connectivity index (χ1) is 8.42. The molecule has 3 nitrogen and oxygen atoms in total. The van der Waals surface area contributed by atoms with Crippen LogP contribution in [0.4, 0.5) is 0 Å². The molecule has 2 unspecified atom stereocenters. The number of carbonyl (C=O) groups excluding carboxylic acids is 1. The van der Waals surface area contributed by atoms with Crippen molar-refractivity contribution in [3.63, 3.8) is 0 Å². The van der Waals surface area contributed by atoms with E-state index in [1.165, 1.54) is 25.7 Å². The van der Waals surface area contributed by atoms with Gasteiger partial charge in [-0.1, -0.05) is 13.3 Å². The SMILES string of the molecule is CCCNC1CCCC1SCC(=O)OC(C)(C)C. The summed E-state index contributed by atoms with van der Waals surface area (Å²) in [5, 5.41) is 4.15. The Hall–Kier alpha value is -0.220. The van der Waals surface area contributed by atoms with Gasteiger partial charge in [-0.2, -0.15) is 0 Å². The normalized spacial score (nSPS) is 24.2. The first kappa shape index (κ1) is 15.8. The van der Waals surface area contributed by atoms with Crippen LogP contribution >= 0.6 is 11.8 Å². The van der Waals surface area contributed by atoms with Gasteiger partial charge < -0.3 is 10.1 Å². The van der Waals surface area contributed by atoms with E-state index in [0.717, 1.165) is 6.54 Å². The van der Waals surface area contributed by atoms with E-state index in [0.29, 0.717) is 17.0 Å². The van der Waals surface area contributed by atoms with E-state index in [9.17, 15) is 4.79 Å². The first-order valence-electron chi connectivity index (χ1n) is 6.99. The summed E-state index contributed by atoms with van der Waals surface area (Å²) in [7, 11) is 0. The molecule has 0 saturated heterocycles. The van der Waals surface area contributed by atoms with Gasteiger partial charge in [0.1, 0.15) is 5.60 Å². The second kappa shape index (κ2) is 7.39. The highest BCUT2D eigenvalue weighted by Crippen LogP contribution is 2.30. The lowest BCUT2D eigenvalue weighted by atomic mass is 10.2. The molecule has 1 aliphatic rings. The number of carbonyl (C=O) groups is 1. The molecular formula is C14H27NO2S. The second-order valence-electron chi connectivity index (χ2n) is 5.93. The second-order valence-corrected chi connectivity index (χ2v) is 7.15. The number of ether oxygens (including phenoxy) is 1. The molecule has 0 aliphatic heterocycles.